The molecule has 128 valence electrons. The number of carbonyl (C=O) groups excluding carboxylic acids is 2. The van der Waals surface area contributed by atoms with Gasteiger partial charge in [0.1, 0.15) is 0 Å². The largest absolute Gasteiger partial charge is 0.461 e. The number of anilines is 1. The molecule has 1 aliphatic heterocycles. The molecule has 2 heterocycles. The van der Waals surface area contributed by atoms with Crippen molar-refractivity contribution < 1.29 is 22.7 Å². The first-order chi connectivity index (χ1) is 10.8. The van der Waals surface area contributed by atoms with Gasteiger partial charge in [-0.1, -0.05) is 4.49 Å². The van der Waals surface area contributed by atoms with Gasteiger partial charge in [0.2, 0.25) is 21.6 Å². The lowest BCUT2D eigenvalue weighted by Gasteiger charge is -2.29. The van der Waals surface area contributed by atoms with E-state index < -0.39 is 21.9 Å². The zero-order valence-corrected chi connectivity index (χ0v) is 14.4. The van der Waals surface area contributed by atoms with Crippen LogP contribution in [-0.4, -0.2) is 60.1 Å². The number of sulfonamides is 1. The Balaban J connectivity index is 2.05. The van der Waals surface area contributed by atoms with Gasteiger partial charge in [0.25, 0.3) is 0 Å². The Labute approximate surface area is 138 Å². The highest BCUT2D eigenvalue weighted by Gasteiger charge is 2.31. The van der Waals surface area contributed by atoms with E-state index in [9.17, 15) is 18.0 Å². The molecule has 2 rings (SSSR count). The van der Waals surface area contributed by atoms with Gasteiger partial charge in [0.05, 0.1) is 18.8 Å². The molecule has 1 atom stereocenters. The van der Waals surface area contributed by atoms with Crippen LogP contribution < -0.4 is 5.32 Å². The van der Waals surface area contributed by atoms with E-state index in [1.54, 1.807) is 6.92 Å². The van der Waals surface area contributed by atoms with Crippen LogP contribution in [-0.2, 0) is 19.6 Å². The number of rotatable bonds is 5. The average Bonchev–Trinajstić information content (AvgIpc) is 2.95. The number of aromatic nitrogens is 2. The lowest BCUT2D eigenvalue weighted by atomic mass is 9.99. The second-order valence-electron chi connectivity index (χ2n) is 5.12. The molecule has 1 aromatic rings. The monoisotopic (exact) mass is 362 g/mol. The molecule has 1 aliphatic rings. The summed E-state index contributed by atoms with van der Waals surface area (Å²) in [4.78, 5) is 24.0. The third-order valence-corrected chi connectivity index (χ3v) is 5.33. The number of esters is 1. The maximum absolute atomic E-state index is 12.3. The maximum Gasteiger partial charge on any atom is 0.362 e. The van der Waals surface area contributed by atoms with Crippen LogP contribution in [0.5, 0.6) is 0 Å². The number of carbonyl (C=O) groups is 2. The molecule has 0 saturated carbocycles. The van der Waals surface area contributed by atoms with Gasteiger partial charge in [0, 0.05) is 24.6 Å². The van der Waals surface area contributed by atoms with Gasteiger partial charge >= 0.3 is 5.97 Å². The van der Waals surface area contributed by atoms with Crippen molar-refractivity contribution in [2.24, 2.45) is 5.92 Å². The first kappa shape index (κ1) is 17.8. The summed E-state index contributed by atoms with van der Waals surface area (Å²) in [6.45, 7) is 2.40. The number of nitrogens with zero attached hydrogens (tertiary/aromatic N) is 3. The van der Waals surface area contributed by atoms with Crippen molar-refractivity contribution in [2.45, 2.75) is 19.8 Å². The Morgan fingerprint density at radius 2 is 2.22 bits per heavy atom. The van der Waals surface area contributed by atoms with Crippen molar-refractivity contribution in [2.75, 3.05) is 31.3 Å². The normalized spacial score (nSPS) is 19.3. The summed E-state index contributed by atoms with van der Waals surface area (Å²) in [5.41, 5.74) is -0.0408. The minimum Gasteiger partial charge on any atom is -0.461 e. The quantitative estimate of drug-likeness (QED) is 0.750. The summed E-state index contributed by atoms with van der Waals surface area (Å²) in [6.07, 6.45) is 2.31. The van der Waals surface area contributed by atoms with Crippen LogP contribution in [0, 0.1) is 5.92 Å². The number of nitrogens with one attached hydrogen (secondary N) is 1. The summed E-state index contributed by atoms with van der Waals surface area (Å²) >= 11 is 0.877. The Bertz CT molecular complexity index is 687. The minimum atomic E-state index is -3.33. The topological polar surface area (TPSA) is 119 Å². The van der Waals surface area contributed by atoms with Gasteiger partial charge in [-0.3, -0.25) is 4.79 Å². The summed E-state index contributed by atoms with van der Waals surface area (Å²) in [5.74, 6) is -1.48. The van der Waals surface area contributed by atoms with Gasteiger partial charge in [-0.05, 0) is 19.8 Å². The molecule has 1 fully saturated rings. The maximum atomic E-state index is 12.3. The van der Waals surface area contributed by atoms with Gasteiger partial charge in [-0.2, -0.15) is 0 Å². The fourth-order valence-electron chi connectivity index (χ4n) is 2.28. The predicted molar refractivity (Wildman–Crippen MR) is 83.6 cm³/mol. The van der Waals surface area contributed by atoms with Crippen molar-refractivity contribution in [3.05, 3.63) is 5.69 Å². The first-order valence-electron chi connectivity index (χ1n) is 7.08. The van der Waals surface area contributed by atoms with Gasteiger partial charge in [-0.15, -0.1) is 5.10 Å². The van der Waals surface area contributed by atoms with E-state index in [1.165, 1.54) is 4.31 Å². The van der Waals surface area contributed by atoms with Crippen molar-refractivity contribution in [3.63, 3.8) is 0 Å². The van der Waals surface area contributed by atoms with Crippen LogP contribution >= 0.6 is 11.5 Å². The van der Waals surface area contributed by atoms with E-state index >= 15 is 0 Å². The first-order valence-corrected chi connectivity index (χ1v) is 9.70. The number of hydrogen-bond donors (Lipinski definition) is 1. The van der Waals surface area contributed by atoms with E-state index in [0.29, 0.717) is 19.4 Å². The zero-order valence-electron chi connectivity index (χ0n) is 12.8. The highest BCUT2D eigenvalue weighted by atomic mass is 32.2. The Hall–Kier alpha value is -1.59. The molecule has 1 saturated heterocycles. The Morgan fingerprint density at radius 1 is 1.48 bits per heavy atom. The lowest BCUT2D eigenvalue weighted by molar-refractivity contribution is -0.120. The van der Waals surface area contributed by atoms with E-state index in [0.717, 1.165) is 17.8 Å². The molecule has 9 nitrogen and oxygen atoms in total. The summed E-state index contributed by atoms with van der Waals surface area (Å²) in [7, 11) is -3.33. The molecule has 1 N–H and O–H groups in total. The van der Waals surface area contributed by atoms with Crippen molar-refractivity contribution in [3.8, 4) is 0 Å². The molecular weight excluding hydrogens is 344 g/mol. The number of hydrogen-bond acceptors (Lipinski definition) is 8. The minimum absolute atomic E-state index is 0.0408. The average molecular weight is 362 g/mol. The number of ether oxygens (including phenoxy) is 1. The lowest BCUT2D eigenvalue weighted by Crippen LogP contribution is -2.43. The fourth-order valence-corrected chi connectivity index (χ4v) is 3.75. The van der Waals surface area contributed by atoms with Gasteiger partial charge < -0.3 is 10.1 Å². The summed E-state index contributed by atoms with van der Waals surface area (Å²) in [5, 5.41) is 6.48. The van der Waals surface area contributed by atoms with Gasteiger partial charge in [-0.25, -0.2) is 17.5 Å². The molecule has 11 heteroatoms. The molecule has 23 heavy (non-hydrogen) atoms. The van der Waals surface area contributed by atoms with Crippen LogP contribution in [0.1, 0.15) is 30.3 Å². The van der Waals surface area contributed by atoms with Crippen LogP contribution in [0.3, 0.4) is 0 Å². The van der Waals surface area contributed by atoms with E-state index in [-0.39, 0.29) is 29.8 Å². The van der Waals surface area contributed by atoms with E-state index in [2.05, 4.69) is 14.9 Å². The zero-order chi connectivity index (χ0) is 17.0. The third kappa shape index (κ3) is 4.45. The molecule has 0 aromatic carbocycles. The van der Waals surface area contributed by atoms with Crippen LogP contribution in [0.25, 0.3) is 0 Å². The Kier molecular flexibility index (Phi) is 5.65. The number of amides is 1. The molecule has 1 unspecified atom stereocenters. The smallest absolute Gasteiger partial charge is 0.362 e. The highest BCUT2D eigenvalue weighted by molar-refractivity contribution is 7.88. The van der Waals surface area contributed by atoms with Crippen LogP contribution in [0.15, 0.2) is 0 Å². The molecule has 1 aromatic heterocycles. The second-order valence-corrected chi connectivity index (χ2v) is 7.86. The van der Waals surface area contributed by atoms with Crippen molar-refractivity contribution in [1.82, 2.24) is 13.9 Å². The molecule has 0 radical (unpaired) electrons. The van der Waals surface area contributed by atoms with E-state index in [1.807, 2.05) is 0 Å². The fraction of sp³-hybridized carbons (Fsp3) is 0.667. The molecular formula is C12H18N4O5S2. The third-order valence-electron chi connectivity index (χ3n) is 3.42. The second kappa shape index (κ2) is 7.32. The number of piperidine rings is 1. The molecule has 0 aliphatic carbocycles. The van der Waals surface area contributed by atoms with Gasteiger partial charge in [0.15, 0.2) is 5.00 Å². The van der Waals surface area contributed by atoms with Crippen LogP contribution in [0.2, 0.25) is 0 Å². The molecule has 0 bridgehead atoms. The SMILES string of the molecule is CCOC(=O)c1nnsc1NC(=O)C1CCCN(S(C)(=O)=O)C1. The molecule has 0 spiro atoms. The predicted octanol–water partition coefficient (Wildman–Crippen LogP) is 0.325. The van der Waals surface area contributed by atoms with Crippen molar-refractivity contribution >= 4 is 38.4 Å². The van der Waals surface area contributed by atoms with E-state index in [4.69, 9.17) is 4.74 Å². The Morgan fingerprint density at radius 3 is 2.87 bits per heavy atom. The molecule has 1 amide bonds. The standard InChI is InChI=1S/C12H18N4O5S2/c1-3-21-12(18)9-11(22-15-14-9)13-10(17)8-5-4-6-16(7-8)23(2,19)20/h8H,3-7H2,1-2H3,(H,13,17). The van der Waals surface area contributed by atoms with Crippen molar-refractivity contribution in [1.29, 1.82) is 0 Å². The van der Waals surface area contributed by atoms with Crippen LogP contribution in [0.4, 0.5) is 5.00 Å². The summed E-state index contributed by atoms with van der Waals surface area (Å²) in [6, 6.07) is 0. The highest BCUT2D eigenvalue weighted by Crippen LogP contribution is 2.23. The summed E-state index contributed by atoms with van der Waals surface area (Å²) < 4.78 is 33.0.